The zero-order valence-electron chi connectivity index (χ0n) is 15.7. The third kappa shape index (κ3) is 5.05. The number of nitrogens with zero attached hydrogens (tertiary/aromatic N) is 6. The van der Waals surface area contributed by atoms with Gasteiger partial charge >= 0.3 is 0 Å². The van der Waals surface area contributed by atoms with Crippen LogP contribution >= 0.6 is 0 Å². The van der Waals surface area contributed by atoms with Crippen molar-refractivity contribution in [1.82, 2.24) is 19.4 Å². The van der Waals surface area contributed by atoms with Gasteiger partial charge in [-0.05, 0) is 0 Å². The first kappa shape index (κ1) is 19.8. The molecule has 0 aliphatic carbocycles. The topological polar surface area (TPSA) is 99.2 Å². The number of likely N-dealkylation sites (N-methyl/N-ethyl adjacent to an activating group) is 1. The molecule has 27 heavy (non-hydrogen) atoms. The molecule has 3 heterocycles. The van der Waals surface area contributed by atoms with Crippen molar-refractivity contribution in [3.8, 4) is 0 Å². The lowest BCUT2D eigenvalue weighted by Crippen LogP contribution is -2.51. The monoisotopic (exact) mass is 398 g/mol. The van der Waals surface area contributed by atoms with Gasteiger partial charge in [-0.15, -0.1) is 5.10 Å². The van der Waals surface area contributed by atoms with Crippen LogP contribution in [0.3, 0.4) is 0 Å². The summed E-state index contributed by atoms with van der Waals surface area (Å²) in [6, 6.07) is 2.02. The van der Waals surface area contributed by atoms with Crippen LogP contribution in [0, 0.1) is 0 Å². The Balaban J connectivity index is 1.57. The molecule has 0 aromatic carbocycles. The number of hydrogen-bond acceptors (Lipinski definition) is 8. The molecule has 0 spiro atoms. The van der Waals surface area contributed by atoms with Crippen molar-refractivity contribution in [2.45, 2.75) is 0 Å². The molecule has 1 aromatic heterocycles. The quantitative estimate of drug-likeness (QED) is 0.613. The van der Waals surface area contributed by atoms with E-state index in [2.05, 4.69) is 20.0 Å². The third-order valence-corrected chi connectivity index (χ3v) is 6.15. The van der Waals surface area contributed by atoms with Gasteiger partial charge in [0.1, 0.15) is 0 Å². The van der Waals surface area contributed by atoms with Crippen LogP contribution in [0.2, 0.25) is 0 Å². The first-order valence-corrected chi connectivity index (χ1v) is 10.8. The number of rotatable bonds is 5. The minimum atomic E-state index is -3.36. The Morgan fingerprint density at radius 1 is 1.15 bits per heavy atom. The maximum atomic E-state index is 12.3. The van der Waals surface area contributed by atoms with E-state index in [-0.39, 0.29) is 12.5 Å². The van der Waals surface area contributed by atoms with Crippen molar-refractivity contribution in [3.05, 3.63) is 12.3 Å². The van der Waals surface area contributed by atoms with Crippen molar-refractivity contribution in [2.24, 2.45) is 0 Å². The molecule has 0 radical (unpaired) electrons. The fourth-order valence-electron chi connectivity index (χ4n) is 3.09. The summed E-state index contributed by atoms with van der Waals surface area (Å²) in [5.41, 5.74) is 1.02. The van der Waals surface area contributed by atoms with Crippen LogP contribution in [-0.4, -0.2) is 106 Å². The molecule has 11 heteroatoms. The van der Waals surface area contributed by atoms with Gasteiger partial charge in [0.15, 0.2) is 5.82 Å². The van der Waals surface area contributed by atoms with Crippen LogP contribution < -0.4 is 9.80 Å². The zero-order chi connectivity index (χ0) is 19.4. The van der Waals surface area contributed by atoms with Gasteiger partial charge in [0.2, 0.25) is 15.9 Å². The van der Waals surface area contributed by atoms with Gasteiger partial charge in [-0.2, -0.15) is 9.40 Å². The second-order valence-corrected chi connectivity index (χ2v) is 8.85. The molecule has 0 N–H and O–H groups in total. The molecule has 0 unspecified atom stereocenters. The molecule has 10 nitrogen and oxygen atoms in total. The summed E-state index contributed by atoms with van der Waals surface area (Å²) < 4.78 is 29.4. The van der Waals surface area contributed by atoms with Gasteiger partial charge in [-0.1, -0.05) is 0 Å². The molecule has 0 atom stereocenters. The van der Waals surface area contributed by atoms with Gasteiger partial charge in [-0.25, -0.2) is 8.42 Å². The molecule has 2 fully saturated rings. The minimum Gasteiger partial charge on any atom is -0.378 e. The molecule has 0 bridgehead atoms. The van der Waals surface area contributed by atoms with Crippen LogP contribution in [0.4, 0.5) is 11.5 Å². The first-order chi connectivity index (χ1) is 12.8. The largest absolute Gasteiger partial charge is 0.378 e. The number of ether oxygens (including phenoxy) is 1. The van der Waals surface area contributed by atoms with E-state index in [1.807, 2.05) is 6.07 Å². The van der Waals surface area contributed by atoms with E-state index in [0.29, 0.717) is 39.4 Å². The SMILES string of the molecule is CN(CC(=O)N1CCN(c2cc(N3CCOCC3)cnn2)CC1)S(C)(=O)=O. The average Bonchev–Trinajstić information content (AvgIpc) is 2.68. The maximum Gasteiger partial charge on any atom is 0.238 e. The van der Waals surface area contributed by atoms with Crippen molar-refractivity contribution in [1.29, 1.82) is 0 Å². The van der Waals surface area contributed by atoms with E-state index >= 15 is 0 Å². The number of morpholine rings is 1. The summed E-state index contributed by atoms with van der Waals surface area (Å²) in [5.74, 6) is 0.607. The Bertz CT molecular complexity index is 760. The van der Waals surface area contributed by atoms with E-state index in [1.165, 1.54) is 7.05 Å². The van der Waals surface area contributed by atoms with Crippen molar-refractivity contribution >= 4 is 27.4 Å². The number of sulfonamides is 1. The number of hydrogen-bond donors (Lipinski definition) is 0. The number of aromatic nitrogens is 2. The van der Waals surface area contributed by atoms with Crippen LogP contribution in [0.15, 0.2) is 12.3 Å². The molecule has 1 aromatic rings. The number of amides is 1. The molecule has 3 rings (SSSR count). The summed E-state index contributed by atoms with van der Waals surface area (Å²) in [6.07, 6.45) is 2.86. The molecule has 150 valence electrons. The molecule has 0 saturated carbocycles. The van der Waals surface area contributed by atoms with E-state index in [0.717, 1.165) is 35.2 Å². The predicted molar refractivity (Wildman–Crippen MR) is 101 cm³/mol. The number of piperazine rings is 1. The standard InChI is InChI=1S/C16H26N6O4S/c1-19(27(2,24)25)13-16(23)22-5-3-21(4-6-22)15-11-14(12-17-18-15)20-7-9-26-10-8-20/h11-12H,3-10,13H2,1-2H3. The summed E-state index contributed by atoms with van der Waals surface area (Å²) in [4.78, 5) is 18.3. The lowest BCUT2D eigenvalue weighted by molar-refractivity contribution is -0.131. The lowest BCUT2D eigenvalue weighted by atomic mass is 10.3. The van der Waals surface area contributed by atoms with E-state index in [4.69, 9.17) is 4.74 Å². The second-order valence-electron chi connectivity index (χ2n) is 6.76. The van der Waals surface area contributed by atoms with Crippen LogP contribution in [-0.2, 0) is 19.6 Å². The fraction of sp³-hybridized carbons (Fsp3) is 0.688. The molecule has 2 aliphatic rings. The van der Waals surface area contributed by atoms with Crippen LogP contribution in [0.5, 0.6) is 0 Å². The minimum absolute atomic E-state index is 0.134. The maximum absolute atomic E-state index is 12.3. The third-order valence-electron chi connectivity index (χ3n) is 4.88. The van der Waals surface area contributed by atoms with Gasteiger partial charge in [-0.3, -0.25) is 4.79 Å². The molecule has 2 saturated heterocycles. The lowest BCUT2D eigenvalue weighted by Gasteiger charge is -2.36. The van der Waals surface area contributed by atoms with Gasteiger partial charge in [0.05, 0.1) is 37.9 Å². The highest BCUT2D eigenvalue weighted by molar-refractivity contribution is 7.88. The first-order valence-electron chi connectivity index (χ1n) is 8.94. The average molecular weight is 398 g/mol. The summed E-state index contributed by atoms with van der Waals surface area (Å²) in [5, 5.41) is 8.36. The summed E-state index contributed by atoms with van der Waals surface area (Å²) >= 11 is 0. The molecular weight excluding hydrogens is 372 g/mol. The van der Waals surface area contributed by atoms with Crippen LogP contribution in [0.1, 0.15) is 0 Å². The van der Waals surface area contributed by atoms with Crippen molar-refractivity contribution in [3.63, 3.8) is 0 Å². The fourth-order valence-corrected chi connectivity index (χ4v) is 3.43. The Labute approximate surface area is 159 Å². The van der Waals surface area contributed by atoms with Crippen molar-refractivity contribution in [2.75, 3.05) is 82.1 Å². The molecule has 1 amide bonds. The number of anilines is 2. The van der Waals surface area contributed by atoms with Gasteiger partial charge < -0.3 is 19.4 Å². The van der Waals surface area contributed by atoms with Gasteiger partial charge in [0, 0.05) is 52.4 Å². The predicted octanol–water partition coefficient (Wildman–Crippen LogP) is -1.15. The Morgan fingerprint density at radius 3 is 2.44 bits per heavy atom. The van der Waals surface area contributed by atoms with E-state index < -0.39 is 10.0 Å². The van der Waals surface area contributed by atoms with E-state index in [1.54, 1.807) is 11.1 Å². The summed E-state index contributed by atoms with van der Waals surface area (Å²) in [7, 11) is -1.95. The Kier molecular flexibility index (Phi) is 6.12. The van der Waals surface area contributed by atoms with Gasteiger partial charge in [0.25, 0.3) is 0 Å². The zero-order valence-corrected chi connectivity index (χ0v) is 16.6. The second kappa shape index (κ2) is 8.36. The molecular formula is C16H26N6O4S. The highest BCUT2D eigenvalue weighted by atomic mass is 32.2. The Morgan fingerprint density at radius 2 is 1.81 bits per heavy atom. The smallest absolute Gasteiger partial charge is 0.238 e. The molecule has 2 aliphatic heterocycles. The number of carbonyl (C=O) groups is 1. The Hall–Kier alpha value is -1.98. The van der Waals surface area contributed by atoms with Crippen LogP contribution in [0.25, 0.3) is 0 Å². The summed E-state index contributed by atoms with van der Waals surface area (Å²) in [6.45, 7) is 5.28. The normalized spacial score (nSPS) is 18.9. The highest BCUT2D eigenvalue weighted by Crippen LogP contribution is 2.21. The van der Waals surface area contributed by atoms with Crippen molar-refractivity contribution < 1.29 is 17.9 Å². The highest BCUT2D eigenvalue weighted by Gasteiger charge is 2.25. The number of carbonyl (C=O) groups excluding carboxylic acids is 1. The van der Waals surface area contributed by atoms with E-state index in [9.17, 15) is 13.2 Å².